The average Bonchev–Trinajstić information content (AvgIpc) is 2.00. The van der Waals surface area contributed by atoms with Crippen LogP contribution in [0.5, 0.6) is 0 Å². The van der Waals surface area contributed by atoms with E-state index in [0.29, 0.717) is 0 Å². The number of carbonyl (C=O) groups is 1. The number of nitrogens with one attached hydrogen (secondary N) is 1. The summed E-state index contributed by atoms with van der Waals surface area (Å²) >= 11 is 0. The van der Waals surface area contributed by atoms with Crippen molar-refractivity contribution in [2.75, 3.05) is 7.05 Å². The number of hydrogen-bond acceptors (Lipinski definition) is 1. The third-order valence-corrected chi connectivity index (χ3v) is 1.55. The molecule has 0 atom stereocenters. The van der Waals surface area contributed by atoms with Gasteiger partial charge in [0.15, 0.2) is 0 Å². The third-order valence-electron chi connectivity index (χ3n) is 1.55. The molecule has 0 fully saturated rings. The van der Waals surface area contributed by atoms with Crippen molar-refractivity contribution in [3.8, 4) is 0 Å². The smallest absolute Gasteiger partial charge is 0.243 e. The van der Waals surface area contributed by atoms with Crippen LogP contribution in [0.3, 0.4) is 0 Å². The van der Waals surface area contributed by atoms with E-state index in [2.05, 4.69) is 12.2 Å². The van der Waals surface area contributed by atoms with Gasteiger partial charge in [0.1, 0.15) is 0 Å². The monoisotopic (exact) mass is 155 g/mol. The molecule has 0 aliphatic rings. The summed E-state index contributed by atoms with van der Waals surface area (Å²) in [7, 11) is 1.64. The predicted octanol–water partition coefficient (Wildman–Crippen LogP) is 1.87. The highest BCUT2D eigenvalue weighted by Crippen LogP contribution is 2.04. The Balaban J connectivity index is 3.70. The van der Waals surface area contributed by atoms with E-state index in [-0.39, 0.29) is 5.91 Å². The maximum absolute atomic E-state index is 10.8. The Morgan fingerprint density at radius 1 is 1.55 bits per heavy atom. The van der Waals surface area contributed by atoms with Crippen LogP contribution in [0.4, 0.5) is 0 Å². The van der Waals surface area contributed by atoms with Crippen molar-refractivity contribution in [1.29, 1.82) is 0 Å². The van der Waals surface area contributed by atoms with Gasteiger partial charge < -0.3 is 5.32 Å². The summed E-state index contributed by atoms with van der Waals surface area (Å²) in [6.45, 7) is 4.14. The summed E-state index contributed by atoms with van der Waals surface area (Å²) in [5.74, 6) is -0.00129. The van der Waals surface area contributed by atoms with Crippen LogP contribution in [-0.4, -0.2) is 13.0 Å². The summed E-state index contributed by atoms with van der Waals surface area (Å²) in [5, 5.41) is 2.56. The van der Waals surface area contributed by atoms with Crippen LogP contribution in [-0.2, 0) is 4.79 Å². The highest BCUT2D eigenvalue weighted by Gasteiger charge is 1.93. The van der Waals surface area contributed by atoms with Gasteiger partial charge in [-0.2, -0.15) is 0 Å². The number of hydrogen-bond donors (Lipinski definition) is 1. The first-order valence-corrected chi connectivity index (χ1v) is 4.09. The van der Waals surface area contributed by atoms with Gasteiger partial charge in [0, 0.05) is 13.1 Å². The Hall–Kier alpha value is -0.790. The van der Waals surface area contributed by atoms with E-state index in [0.717, 1.165) is 12.0 Å². The summed E-state index contributed by atoms with van der Waals surface area (Å²) in [5.41, 5.74) is 1.16. The molecular weight excluding hydrogens is 138 g/mol. The summed E-state index contributed by atoms with van der Waals surface area (Å²) < 4.78 is 0. The minimum Gasteiger partial charge on any atom is -0.356 e. The summed E-state index contributed by atoms with van der Waals surface area (Å²) in [6.07, 6.45) is 5.04. The fourth-order valence-electron chi connectivity index (χ4n) is 0.824. The summed E-state index contributed by atoms with van der Waals surface area (Å²) in [4.78, 5) is 10.8. The lowest BCUT2D eigenvalue weighted by Gasteiger charge is -1.97. The van der Waals surface area contributed by atoms with Gasteiger partial charge in [-0.1, -0.05) is 18.9 Å². The minimum absolute atomic E-state index is 0.00129. The van der Waals surface area contributed by atoms with Crippen molar-refractivity contribution in [3.05, 3.63) is 11.6 Å². The Kier molecular flexibility index (Phi) is 5.53. The Bertz CT molecular complexity index is 150. The molecule has 0 aromatic heterocycles. The van der Waals surface area contributed by atoms with Gasteiger partial charge in [-0.05, 0) is 19.8 Å². The second-order valence-corrected chi connectivity index (χ2v) is 2.71. The van der Waals surface area contributed by atoms with E-state index >= 15 is 0 Å². The van der Waals surface area contributed by atoms with Crippen molar-refractivity contribution < 1.29 is 4.79 Å². The summed E-state index contributed by atoms with van der Waals surface area (Å²) in [6, 6.07) is 0. The molecule has 2 nitrogen and oxygen atoms in total. The lowest BCUT2D eigenvalue weighted by Crippen LogP contribution is -2.14. The molecular formula is C9H17NO. The number of unbranched alkanes of at least 4 members (excludes halogenated alkanes) is 1. The first kappa shape index (κ1) is 10.2. The molecule has 64 valence electrons. The molecule has 2 heteroatoms. The second-order valence-electron chi connectivity index (χ2n) is 2.71. The number of likely N-dealkylation sites (N-methyl/N-ethyl adjacent to an activating group) is 1. The molecule has 0 rings (SSSR count). The van der Waals surface area contributed by atoms with Crippen LogP contribution in [0.2, 0.25) is 0 Å². The molecule has 0 aliphatic heterocycles. The van der Waals surface area contributed by atoms with E-state index in [4.69, 9.17) is 0 Å². The molecule has 0 aromatic carbocycles. The average molecular weight is 155 g/mol. The van der Waals surface area contributed by atoms with Crippen LogP contribution in [0.1, 0.15) is 33.1 Å². The Morgan fingerprint density at radius 3 is 2.64 bits per heavy atom. The number of allylic oxidation sites excluding steroid dienone is 1. The number of amides is 1. The quantitative estimate of drug-likeness (QED) is 0.617. The molecule has 0 unspecified atom stereocenters. The van der Waals surface area contributed by atoms with Crippen LogP contribution in [0.25, 0.3) is 0 Å². The normalized spacial score (nSPS) is 11.4. The van der Waals surface area contributed by atoms with Crippen molar-refractivity contribution in [2.45, 2.75) is 33.1 Å². The predicted molar refractivity (Wildman–Crippen MR) is 47.3 cm³/mol. The highest BCUT2D eigenvalue weighted by molar-refractivity contribution is 5.87. The van der Waals surface area contributed by atoms with E-state index in [1.54, 1.807) is 13.1 Å². The lowest BCUT2D eigenvalue weighted by molar-refractivity contribution is -0.116. The molecule has 1 amide bonds. The van der Waals surface area contributed by atoms with Crippen molar-refractivity contribution in [1.82, 2.24) is 5.32 Å². The fourth-order valence-corrected chi connectivity index (χ4v) is 0.824. The van der Waals surface area contributed by atoms with Crippen LogP contribution in [0, 0.1) is 0 Å². The molecule has 0 saturated carbocycles. The zero-order chi connectivity index (χ0) is 8.69. The lowest BCUT2D eigenvalue weighted by atomic mass is 10.1. The van der Waals surface area contributed by atoms with Crippen molar-refractivity contribution in [3.63, 3.8) is 0 Å². The number of carbonyl (C=O) groups excluding carboxylic acids is 1. The zero-order valence-electron chi connectivity index (χ0n) is 7.61. The maximum atomic E-state index is 10.8. The van der Waals surface area contributed by atoms with Gasteiger partial charge in [0.25, 0.3) is 0 Å². The SMILES string of the molecule is CCCC/C(C)=C/C(=O)NC. The topological polar surface area (TPSA) is 29.1 Å². The van der Waals surface area contributed by atoms with Crippen molar-refractivity contribution >= 4 is 5.91 Å². The first-order chi connectivity index (χ1) is 5.20. The van der Waals surface area contributed by atoms with Gasteiger partial charge in [0.05, 0.1) is 0 Å². The highest BCUT2D eigenvalue weighted by atomic mass is 16.1. The molecule has 0 aromatic rings. The number of rotatable bonds is 4. The fraction of sp³-hybridized carbons (Fsp3) is 0.667. The van der Waals surface area contributed by atoms with Gasteiger partial charge in [-0.25, -0.2) is 0 Å². The zero-order valence-corrected chi connectivity index (χ0v) is 7.61. The van der Waals surface area contributed by atoms with E-state index < -0.39 is 0 Å². The molecule has 0 saturated heterocycles. The van der Waals surface area contributed by atoms with Crippen LogP contribution < -0.4 is 5.32 Å². The Labute approximate surface area is 68.7 Å². The van der Waals surface area contributed by atoms with Crippen molar-refractivity contribution in [2.24, 2.45) is 0 Å². The van der Waals surface area contributed by atoms with Gasteiger partial charge >= 0.3 is 0 Å². The van der Waals surface area contributed by atoms with E-state index in [1.165, 1.54) is 12.8 Å². The van der Waals surface area contributed by atoms with Gasteiger partial charge in [-0.3, -0.25) is 4.79 Å². The maximum Gasteiger partial charge on any atom is 0.243 e. The first-order valence-electron chi connectivity index (χ1n) is 4.09. The van der Waals surface area contributed by atoms with Crippen LogP contribution in [0.15, 0.2) is 11.6 Å². The molecule has 1 N–H and O–H groups in total. The van der Waals surface area contributed by atoms with Crippen LogP contribution >= 0.6 is 0 Å². The third kappa shape index (κ3) is 5.64. The van der Waals surface area contributed by atoms with Gasteiger partial charge in [0.2, 0.25) is 5.91 Å². The van der Waals surface area contributed by atoms with E-state index in [9.17, 15) is 4.79 Å². The Morgan fingerprint density at radius 2 is 2.18 bits per heavy atom. The van der Waals surface area contributed by atoms with Gasteiger partial charge in [-0.15, -0.1) is 0 Å². The second kappa shape index (κ2) is 5.96. The minimum atomic E-state index is -0.00129. The van der Waals surface area contributed by atoms with E-state index in [1.807, 2.05) is 6.92 Å². The molecule has 0 aliphatic carbocycles. The molecule has 11 heavy (non-hydrogen) atoms. The largest absolute Gasteiger partial charge is 0.356 e. The standard InChI is InChI=1S/C9H17NO/c1-4-5-6-8(2)7-9(11)10-3/h7H,4-6H2,1-3H3,(H,10,11)/b8-7+. The molecule has 0 spiro atoms. The molecule has 0 radical (unpaired) electrons. The molecule has 0 bridgehead atoms. The molecule has 0 heterocycles.